The Balaban J connectivity index is 1.77. The molecule has 6 nitrogen and oxygen atoms in total. The number of piperazine rings is 1. The fourth-order valence-corrected chi connectivity index (χ4v) is 4.17. The number of carbonyl (C=O) groups excluding carboxylic acids is 2. The van der Waals surface area contributed by atoms with Crippen LogP contribution in [0.15, 0.2) is 48.2 Å². The molecule has 2 aromatic carbocycles. The van der Waals surface area contributed by atoms with Crippen molar-refractivity contribution in [2.45, 2.75) is 27.2 Å². The number of aryl methyl sites for hydroxylation is 2. The van der Waals surface area contributed by atoms with Crippen LogP contribution in [-0.2, 0) is 9.59 Å². The van der Waals surface area contributed by atoms with Crippen LogP contribution in [0.4, 0.5) is 5.69 Å². The number of amides is 2. The van der Waals surface area contributed by atoms with E-state index in [4.69, 9.17) is 4.74 Å². The zero-order valence-corrected chi connectivity index (χ0v) is 19.4. The van der Waals surface area contributed by atoms with Gasteiger partial charge in [-0.25, -0.2) is 4.90 Å². The maximum absolute atomic E-state index is 13.7. The summed E-state index contributed by atoms with van der Waals surface area (Å²) in [5, 5.41) is 0. The Morgan fingerprint density at radius 3 is 2.34 bits per heavy atom. The van der Waals surface area contributed by atoms with E-state index in [9.17, 15) is 9.59 Å². The van der Waals surface area contributed by atoms with Crippen molar-refractivity contribution in [3.63, 3.8) is 0 Å². The normalized spacial score (nSPS) is 17.5. The van der Waals surface area contributed by atoms with E-state index in [0.717, 1.165) is 36.2 Å². The molecule has 0 bridgehead atoms. The number of benzene rings is 2. The van der Waals surface area contributed by atoms with Gasteiger partial charge >= 0.3 is 0 Å². The fourth-order valence-electron chi connectivity index (χ4n) is 4.17. The van der Waals surface area contributed by atoms with E-state index in [1.807, 2.05) is 51.1 Å². The van der Waals surface area contributed by atoms with Gasteiger partial charge in [-0.3, -0.25) is 9.59 Å². The van der Waals surface area contributed by atoms with E-state index < -0.39 is 0 Å². The zero-order valence-electron chi connectivity index (χ0n) is 19.4. The molecule has 0 unspecified atom stereocenters. The molecule has 0 aliphatic carbocycles. The third-order valence-corrected chi connectivity index (χ3v) is 6.22. The minimum absolute atomic E-state index is 0.263. The number of nitrogens with zero attached hydrogens (tertiary/aromatic N) is 3. The predicted octanol–water partition coefficient (Wildman–Crippen LogP) is 3.62. The lowest BCUT2D eigenvalue weighted by Crippen LogP contribution is -2.46. The quantitative estimate of drug-likeness (QED) is 0.652. The summed E-state index contributed by atoms with van der Waals surface area (Å²) in [6.07, 6.45) is 0.887. The highest BCUT2D eigenvalue weighted by Gasteiger charge is 2.43. The molecular formula is C26H31N3O3. The molecule has 0 aromatic heterocycles. The minimum atomic E-state index is -0.278. The summed E-state index contributed by atoms with van der Waals surface area (Å²) < 4.78 is 5.74. The number of carbonyl (C=O) groups is 2. The molecule has 1 saturated heterocycles. The van der Waals surface area contributed by atoms with Gasteiger partial charge in [0.05, 0.1) is 17.9 Å². The maximum Gasteiger partial charge on any atom is 0.282 e. The largest absolute Gasteiger partial charge is 0.494 e. The van der Waals surface area contributed by atoms with Crippen LogP contribution in [0.5, 0.6) is 5.75 Å². The van der Waals surface area contributed by atoms with E-state index in [2.05, 4.69) is 16.8 Å². The Morgan fingerprint density at radius 2 is 1.66 bits per heavy atom. The van der Waals surface area contributed by atoms with Crippen LogP contribution in [0.2, 0.25) is 0 Å². The molecule has 0 saturated carbocycles. The Kier molecular flexibility index (Phi) is 6.33. The smallest absolute Gasteiger partial charge is 0.282 e. The van der Waals surface area contributed by atoms with Gasteiger partial charge in [-0.2, -0.15) is 0 Å². The van der Waals surface area contributed by atoms with Gasteiger partial charge in [-0.05, 0) is 56.1 Å². The van der Waals surface area contributed by atoms with Crippen molar-refractivity contribution in [1.29, 1.82) is 0 Å². The first-order chi connectivity index (χ1) is 15.4. The summed E-state index contributed by atoms with van der Waals surface area (Å²) in [5.74, 6) is 0.117. The van der Waals surface area contributed by atoms with Crippen molar-refractivity contribution in [1.82, 2.24) is 9.80 Å². The standard InChI is InChI=1S/C26H31N3O3/c1-5-15-32-22-8-6-7-21(17-22)29-25(30)23(20-10-9-18(2)19(3)16-20)24(26(29)31)28-13-11-27(4)12-14-28/h6-10,16-17H,5,11-15H2,1-4H3. The number of anilines is 1. The molecule has 0 spiro atoms. The molecule has 32 heavy (non-hydrogen) atoms. The van der Waals surface area contributed by atoms with Gasteiger partial charge in [0.1, 0.15) is 11.4 Å². The first-order valence-electron chi connectivity index (χ1n) is 11.3. The van der Waals surface area contributed by atoms with Crippen molar-refractivity contribution in [3.05, 3.63) is 64.9 Å². The molecule has 2 aliphatic heterocycles. The molecular weight excluding hydrogens is 402 g/mol. The average Bonchev–Trinajstić information content (AvgIpc) is 3.05. The number of ether oxygens (including phenoxy) is 1. The summed E-state index contributed by atoms with van der Waals surface area (Å²) >= 11 is 0. The minimum Gasteiger partial charge on any atom is -0.494 e. The summed E-state index contributed by atoms with van der Waals surface area (Å²) in [6, 6.07) is 13.2. The van der Waals surface area contributed by atoms with Crippen LogP contribution >= 0.6 is 0 Å². The molecule has 2 aromatic rings. The summed E-state index contributed by atoms with van der Waals surface area (Å²) in [5.41, 5.74) is 4.58. The second-order valence-electron chi connectivity index (χ2n) is 8.60. The number of hydrogen-bond donors (Lipinski definition) is 0. The molecule has 2 amide bonds. The molecule has 4 rings (SSSR count). The Morgan fingerprint density at radius 1 is 0.906 bits per heavy atom. The number of hydrogen-bond acceptors (Lipinski definition) is 5. The lowest BCUT2D eigenvalue weighted by Gasteiger charge is -2.34. The highest BCUT2D eigenvalue weighted by molar-refractivity contribution is 6.45. The van der Waals surface area contributed by atoms with Crippen LogP contribution in [0, 0.1) is 13.8 Å². The highest BCUT2D eigenvalue weighted by Crippen LogP contribution is 2.36. The van der Waals surface area contributed by atoms with Crippen molar-refractivity contribution in [2.75, 3.05) is 44.7 Å². The first kappa shape index (κ1) is 22.1. The van der Waals surface area contributed by atoms with Gasteiger partial charge in [0.2, 0.25) is 0 Å². The number of likely N-dealkylation sites (N-methyl/N-ethyl adjacent to an activating group) is 1. The highest BCUT2D eigenvalue weighted by atomic mass is 16.5. The molecule has 2 aliphatic rings. The van der Waals surface area contributed by atoms with Crippen molar-refractivity contribution in [3.8, 4) is 5.75 Å². The summed E-state index contributed by atoms with van der Waals surface area (Å²) in [6.45, 7) is 9.84. The van der Waals surface area contributed by atoms with Gasteiger partial charge < -0.3 is 14.5 Å². The molecule has 168 valence electrons. The molecule has 0 atom stereocenters. The van der Waals surface area contributed by atoms with Crippen LogP contribution in [0.1, 0.15) is 30.0 Å². The average molecular weight is 434 g/mol. The Bertz CT molecular complexity index is 1070. The second-order valence-corrected chi connectivity index (χ2v) is 8.60. The summed E-state index contributed by atoms with van der Waals surface area (Å²) in [4.78, 5) is 33.0. The van der Waals surface area contributed by atoms with E-state index in [1.54, 1.807) is 12.1 Å². The van der Waals surface area contributed by atoms with E-state index in [-0.39, 0.29) is 11.8 Å². The van der Waals surface area contributed by atoms with Gasteiger partial charge in [0.25, 0.3) is 11.8 Å². The molecule has 0 radical (unpaired) electrons. The van der Waals surface area contributed by atoms with Gasteiger partial charge in [0.15, 0.2) is 0 Å². The molecule has 0 N–H and O–H groups in total. The van der Waals surface area contributed by atoms with E-state index in [0.29, 0.717) is 42.4 Å². The van der Waals surface area contributed by atoms with Crippen LogP contribution in [0.25, 0.3) is 5.57 Å². The van der Waals surface area contributed by atoms with Crippen LogP contribution < -0.4 is 9.64 Å². The van der Waals surface area contributed by atoms with Crippen molar-refractivity contribution < 1.29 is 14.3 Å². The van der Waals surface area contributed by atoms with E-state index in [1.165, 1.54) is 4.90 Å². The Labute approximate surface area is 190 Å². The first-order valence-corrected chi connectivity index (χ1v) is 11.3. The molecule has 2 heterocycles. The third kappa shape index (κ3) is 4.15. The van der Waals surface area contributed by atoms with Crippen molar-refractivity contribution in [2.24, 2.45) is 0 Å². The summed E-state index contributed by atoms with van der Waals surface area (Å²) in [7, 11) is 2.08. The topological polar surface area (TPSA) is 53.1 Å². The van der Waals surface area contributed by atoms with Crippen molar-refractivity contribution >= 4 is 23.1 Å². The third-order valence-electron chi connectivity index (χ3n) is 6.22. The molecule has 6 heteroatoms. The van der Waals surface area contributed by atoms with Gasteiger partial charge in [-0.1, -0.05) is 31.2 Å². The van der Waals surface area contributed by atoms with E-state index >= 15 is 0 Å². The monoisotopic (exact) mass is 433 g/mol. The lowest BCUT2D eigenvalue weighted by molar-refractivity contribution is -0.120. The maximum atomic E-state index is 13.7. The fraction of sp³-hybridized carbons (Fsp3) is 0.385. The SMILES string of the molecule is CCCOc1cccc(N2C(=O)C(c3ccc(C)c(C)c3)=C(N3CCN(C)CC3)C2=O)c1. The zero-order chi connectivity index (χ0) is 22.8. The number of rotatable bonds is 6. The second kappa shape index (κ2) is 9.17. The van der Waals surface area contributed by atoms with Crippen LogP contribution in [0.3, 0.4) is 0 Å². The Hall–Kier alpha value is -3.12. The van der Waals surface area contributed by atoms with Gasteiger partial charge in [0, 0.05) is 32.2 Å². The lowest BCUT2D eigenvalue weighted by atomic mass is 9.99. The predicted molar refractivity (Wildman–Crippen MR) is 127 cm³/mol. The molecule has 1 fully saturated rings. The number of imide groups is 1. The van der Waals surface area contributed by atoms with Crippen LogP contribution in [-0.4, -0.2) is 61.4 Å². The van der Waals surface area contributed by atoms with Gasteiger partial charge in [-0.15, -0.1) is 0 Å².